The summed E-state index contributed by atoms with van der Waals surface area (Å²) in [4.78, 5) is 12.6. The normalized spacial score (nSPS) is 11.6. The lowest BCUT2D eigenvalue weighted by Gasteiger charge is -2.09. The number of thiophene rings is 1. The molecule has 1 unspecified atom stereocenters. The number of nitrogens with zero attached hydrogens (tertiary/aromatic N) is 1. The SMILES string of the molecule is COc1ccsc1C(=O)C(C#N)c1ccccc1F. The van der Waals surface area contributed by atoms with Crippen molar-refractivity contribution in [1.29, 1.82) is 5.26 Å². The number of hydrogen-bond acceptors (Lipinski definition) is 4. The molecule has 0 aliphatic rings. The first-order chi connectivity index (χ1) is 9.19. The second-order valence-corrected chi connectivity index (χ2v) is 4.68. The number of benzene rings is 1. The predicted octanol–water partition coefficient (Wildman–Crippen LogP) is 3.39. The molecule has 0 fully saturated rings. The highest BCUT2D eigenvalue weighted by molar-refractivity contribution is 7.12. The van der Waals surface area contributed by atoms with Gasteiger partial charge in [0.05, 0.1) is 13.2 Å². The topological polar surface area (TPSA) is 50.1 Å². The summed E-state index contributed by atoms with van der Waals surface area (Å²) in [5.41, 5.74) is 0.0884. The summed E-state index contributed by atoms with van der Waals surface area (Å²) in [6, 6.07) is 9.30. The average molecular weight is 275 g/mol. The number of methoxy groups -OCH3 is 1. The first kappa shape index (κ1) is 13.2. The van der Waals surface area contributed by atoms with Crippen molar-refractivity contribution in [3.05, 3.63) is 52.0 Å². The fourth-order valence-corrected chi connectivity index (χ4v) is 2.58. The Labute approximate surface area is 113 Å². The van der Waals surface area contributed by atoms with Crippen molar-refractivity contribution < 1.29 is 13.9 Å². The molecule has 19 heavy (non-hydrogen) atoms. The standard InChI is InChI=1S/C14H10FNO2S/c1-18-12-6-7-19-14(12)13(17)10(8-16)9-4-2-3-5-11(9)15/h2-7,10H,1H3. The quantitative estimate of drug-likeness (QED) is 0.804. The number of ether oxygens (including phenoxy) is 1. The number of carbonyl (C=O) groups is 1. The van der Waals surface area contributed by atoms with Gasteiger partial charge in [-0.05, 0) is 17.5 Å². The molecule has 1 aromatic heterocycles. The molecule has 1 atom stereocenters. The van der Waals surface area contributed by atoms with E-state index in [1.165, 1.54) is 36.6 Å². The fourth-order valence-electron chi connectivity index (χ4n) is 1.75. The summed E-state index contributed by atoms with van der Waals surface area (Å²) in [6.45, 7) is 0. The van der Waals surface area contributed by atoms with Gasteiger partial charge < -0.3 is 4.74 Å². The molecule has 0 saturated heterocycles. The van der Waals surface area contributed by atoms with Gasteiger partial charge in [-0.25, -0.2) is 4.39 Å². The van der Waals surface area contributed by atoms with E-state index in [4.69, 9.17) is 10.00 Å². The Morgan fingerprint density at radius 2 is 2.16 bits per heavy atom. The van der Waals surface area contributed by atoms with Gasteiger partial charge in [0.25, 0.3) is 0 Å². The van der Waals surface area contributed by atoms with E-state index >= 15 is 0 Å². The Morgan fingerprint density at radius 3 is 2.79 bits per heavy atom. The molecule has 0 spiro atoms. The van der Waals surface area contributed by atoms with Crippen molar-refractivity contribution in [2.24, 2.45) is 0 Å². The highest BCUT2D eigenvalue weighted by atomic mass is 32.1. The molecule has 0 aliphatic heterocycles. The lowest BCUT2D eigenvalue weighted by molar-refractivity contribution is 0.0979. The molecular weight excluding hydrogens is 265 g/mol. The van der Waals surface area contributed by atoms with Crippen LogP contribution in [0.1, 0.15) is 21.2 Å². The number of hydrogen-bond donors (Lipinski definition) is 0. The number of halogens is 1. The van der Waals surface area contributed by atoms with Crippen molar-refractivity contribution >= 4 is 17.1 Å². The number of carbonyl (C=O) groups excluding carboxylic acids is 1. The molecule has 2 aromatic rings. The zero-order chi connectivity index (χ0) is 13.8. The maximum Gasteiger partial charge on any atom is 0.198 e. The van der Waals surface area contributed by atoms with Crippen molar-refractivity contribution in [3.63, 3.8) is 0 Å². The zero-order valence-electron chi connectivity index (χ0n) is 10.1. The third-order valence-corrected chi connectivity index (χ3v) is 3.59. The van der Waals surface area contributed by atoms with Crippen LogP contribution in [0.25, 0.3) is 0 Å². The molecule has 1 heterocycles. The number of Topliss-reactive ketones (excluding diaryl/α,β-unsaturated/α-hetero) is 1. The lowest BCUT2D eigenvalue weighted by atomic mass is 9.94. The molecule has 0 aliphatic carbocycles. The lowest BCUT2D eigenvalue weighted by Crippen LogP contribution is -2.12. The molecular formula is C14H10FNO2S. The van der Waals surface area contributed by atoms with Gasteiger partial charge in [-0.3, -0.25) is 4.79 Å². The smallest absolute Gasteiger partial charge is 0.198 e. The Kier molecular flexibility index (Phi) is 3.93. The molecule has 0 saturated carbocycles. The van der Waals surface area contributed by atoms with Gasteiger partial charge in [0.2, 0.25) is 0 Å². The molecule has 96 valence electrons. The molecule has 0 amide bonds. The van der Waals surface area contributed by atoms with Gasteiger partial charge >= 0.3 is 0 Å². The Morgan fingerprint density at radius 1 is 1.42 bits per heavy atom. The van der Waals surface area contributed by atoms with E-state index < -0.39 is 17.5 Å². The van der Waals surface area contributed by atoms with Crippen LogP contribution in [-0.4, -0.2) is 12.9 Å². The number of nitriles is 1. The Bertz CT molecular complexity index is 645. The van der Waals surface area contributed by atoms with Gasteiger partial charge in [-0.15, -0.1) is 11.3 Å². The average Bonchev–Trinajstić information content (AvgIpc) is 2.89. The Hall–Kier alpha value is -2.19. The maximum absolute atomic E-state index is 13.7. The highest BCUT2D eigenvalue weighted by Gasteiger charge is 2.27. The van der Waals surface area contributed by atoms with Crippen molar-refractivity contribution in [1.82, 2.24) is 0 Å². The minimum absolute atomic E-state index is 0.0884. The van der Waals surface area contributed by atoms with Gasteiger partial charge in [-0.2, -0.15) is 5.26 Å². The van der Waals surface area contributed by atoms with Crippen LogP contribution >= 0.6 is 11.3 Å². The molecule has 0 bridgehead atoms. The summed E-state index contributed by atoms with van der Waals surface area (Å²) < 4.78 is 18.7. The van der Waals surface area contributed by atoms with E-state index in [1.807, 2.05) is 6.07 Å². The van der Waals surface area contributed by atoms with Crippen LogP contribution in [0.3, 0.4) is 0 Å². The molecule has 5 heteroatoms. The van der Waals surface area contributed by atoms with Crippen LogP contribution in [0.15, 0.2) is 35.7 Å². The summed E-state index contributed by atoms with van der Waals surface area (Å²) in [7, 11) is 1.45. The summed E-state index contributed by atoms with van der Waals surface area (Å²) in [5.74, 6) is -1.75. The van der Waals surface area contributed by atoms with Gasteiger partial charge in [0.1, 0.15) is 22.4 Å². The van der Waals surface area contributed by atoms with Crippen LogP contribution in [0.5, 0.6) is 5.75 Å². The fraction of sp³-hybridized carbons (Fsp3) is 0.143. The van der Waals surface area contributed by atoms with Crippen LogP contribution < -0.4 is 4.74 Å². The van der Waals surface area contributed by atoms with E-state index in [2.05, 4.69) is 0 Å². The first-order valence-corrected chi connectivity index (χ1v) is 6.36. The van der Waals surface area contributed by atoms with Crippen LogP contribution in [0, 0.1) is 17.1 Å². The van der Waals surface area contributed by atoms with E-state index in [0.717, 1.165) is 0 Å². The van der Waals surface area contributed by atoms with Crippen molar-refractivity contribution in [2.75, 3.05) is 7.11 Å². The maximum atomic E-state index is 13.7. The van der Waals surface area contributed by atoms with E-state index in [1.54, 1.807) is 17.5 Å². The van der Waals surface area contributed by atoms with Crippen molar-refractivity contribution in [3.8, 4) is 11.8 Å². The van der Waals surface area contributed by atoms with Gasteiger partial charge in [0, 0.05) is 5.56 Å². The molecule has 2 rings (SSSR count). The molecule has 1 aromatic carbocycles. The summed E-state index contributed by atoms with van der Waals surface area (Å²) in [6.07, 6.45) is 0. The van der Waals surface area contributed by atoms with Crippen LogP contribution in [0.2, 0.25) is 0 Å². The molecule has 0 N–H and O–H groups in total. The summed E-state index contributed by atoms with van der Waals surface area (Å²) in [5, 5.41) is 10.9. The van der Waals surface area contributed by atoms with Gasteiger partial charge in [-0.1, -0.05) is 18.2 Å². The summed E-state index contributed by atoms with van der Waals surface area (Å²) >= 11 is 1.18. The second kappa shape index (κ2) is 5.63. The van der Waals surface area contributed by atoms with Gasteiger partial charge in [0.15, 0.2) is 5.78 Å². The Balaban J connectivity index is 2.42. The monoisotopic (exact) mass is 275 g/mol. The van der Waals surface area contributed by atoms with Crippen LogP contribution in [0.4, 0.5) is 4.39 Å². The molecule has 3 nitrogen and oxygen atoms in total. The highest BCUT2D eigenvalue weighted by Crippen LogP contribution is 2.31. The van der Waals surface area contributed by atoms with E-state index in [0.29, 0.717) is 10.6 Å². The minimum atomic E-state index is -1.16. The van der Waals surface area contributed by atoms with E-state index in [-0.39, 0.29) is 5.56 Å². The van der Waals surface area contributed by atoms with E-state index in [9.17, 15) is 9.18 Å². The number of rotatable bonds is 4. The van der Waals surface area contributed by atoms with Crippen molar-refractivity contribution in [2.45, 2.75) is 5.92 Å². The number of ketones is 1. The predicted molar refractivity (Wildman–Crippen MR) is 70.0 cm³/mol. The molecule has 0 radical (unpaired) electrons. The van der Waals surface area contributed by atoms with Crippen LogP contribution in [-0.2, 0) is 0 Å². The third-order valence-electron chi connectivity index (χ3n) is 2.68. The first-order valence-electron chi connectivity index (χ1n) is 5.48. The third kappa shape index (κ3) is 2.49. The second-order valence-electron chi connectivity index (χ2n) is 3.77. The largest absolute Gasteiger partial charge is 0.495 e. The minimum Gasteiger partial charge on any atom is -0.495 e. The zero-order valence-corrected chi connectivity index (χ0v) is 10.9.